The molecule has 5 nitrogen and oxygen atoms in total. The van der Waals surface area contributed by atoms with Crippen LogP contribution in [-0.2, 0) is 20.9 Å². The number of benzene rings is 1. The van der Waals surface area contributed by atoms with Gasteiger partial charge in [-0.3, -0.25) is 24.2 Å². The highest BCUT2D eigenvalue weighted by atomic mass is 16.2. The number of hydrogen-bond donors (Lipinski definition) is 0. The lowest BCUT2D eigenvalue weighted by atomic mass is 9.90. The zero-order valence-corrected chi connectivity index (χ0v) is 13.1. The van der Waals surface area contributed by atoms with Gasteiger partial charge >= 0.3 is 0 Å². The fourth-order valence-corrected chi connectivity index (χ4v) is 4.24. The highest BCUT2D eigenvalue weighted by Gasteiger charge is 2.63. The summed E-state index contributed by atoms with van der Waals surface area (Å²) in [5, 5.41) is 0. The molecule has 118 valence electrons. The Morgan fingerprint density at radius 1 is 1.09 bits per heavy atom. The average molecular weight is 310 g/mol. The minimum Gasteiger partial charge on any atom is -0.293 e. The van der Waals surface area contributed by atoms with Crippen LogP contribution in [-0.4, -0.2) is 46.5 Å². The second-order valence-electron chi connectivity index (χ2n) is 6.65. The number of ketones is 1. The van der Waals surface area contributed by atoms with Crippen molar-refractivity contribution >= 4 is 17.6 Å². The Kier molecular flexibility index (Phi) is 3.03. The van der Waals surface area contributed by atoms with Crippen molar-refractivity contribution < 1.29 is 14.4 Å². The van der Waals surface area contributed by atoms with Crippen LogP contribution >= 0.6 is 0 Å². The predicted octanol–water partition coefficient (Wildman–Crippen LogP) is 0.918. The predicted molar refractivity (Wildman–Crippen MR) is 83.2 cm³/mol. The monoisotopic (exact) mass is 310 g/mol. The summed E-state index contributed by atoms with van der Waals surface area (Å²) in [5.74, 6) is -1.42. The summed E-state index contributed by atoms with van der Waals surface area (Å²) in [6.45, 7) is 2.60. The number of aryl methyl sites for hydroxylation is 1. The van der Waals surface area contributed by atoms with E-state index in [1.807, 2.05) is 30.0 Å². The van der Waals surface area contributed by atoms with Gasteiger partial charge < -0.3 is 0 Å². The number of amides is 2. The summed E-state index contributed by atoms with van der Waals surface area (Å²) in [7, 11) is 1.51. The van der Waals surface area contributed by atoms with Crippen LogP contribution < -0.4 is 0 Å². The van der Waals surface area contributed by atoms with Gasteiger partial charge in [0.25, 0.3) is 0 Å². The third-order valence-electron chi connectivity index (χ3n) is 5.26. The number of nitrogens with zero attached hydrogens (tertiary/aromatic N) is 2. The smallest absolute Gasteiger partial charge is 0.234 e. The van der Waals surface area contributed by atoms with Crippen LogP contribution in [0.3, 0.4) is 0 Å². The summed E-state index contributed by atoms with van der Waals surface area (Å²) in [4.78, 5) is 40.5. The quantitative estimate of drug-likeness (QED) is 0.762. The number of likely N-dealkylation sites (tertiary alicyclic amines) is 1. The van der Waals surface area contributed by atoms with Gasteiger partial charge in [-0.2, -0.15) is 0 Å². The van der Waals surface area contributed by atoms with Crippen molar-refractivity contribution in [3.05, 3.63) is 47.5 Å². The van der Waals surface area contributed by atoms with E-state index in [4.69, 9.17) is 0 Å². The summed E-state index contributed by atoms with van der Waals surface area (Å²) < 4.78 is 0. The van der Waals surface area contributed by atoms with Gasteiger partial charge in [-0.1, -0.05) is 35.9 Å². The number of hydrogen-bond acceptors (Lipinski definition) is 4. The average Bonchev–Trinajstić information content (AvgIpc) is 2.87. The van der Waals surface area contributed by atoms with Crippen molar-refractivity contribution in [3.63, 3.8) is 0 Å². The van der Waals surface area contributed by atoms with E-state index >= 15 is 0 Å². The molecule has 23 heavy (non-hydrogen) atoms. The van der Waals surface area contributed by atoms with Crippen LogP contribution in [0, 0.1) is 18.8 Å². The van der Waals surface area contributed by atoms with E-state index in [2.05, 4.69) is 6.07 Å². The highest BCUT2D eigenvalue weighted by molar-refractivity contribution is 6.11. The van der Waals surface area contributed by atoms with E-state index < -0.39 is 17.9 Å². The first-order chi connectivity index (χ1) is 11.0. The van der Waals surface area contributed by atoms with E-state index in [-0.39, 0.29) is 23.6 Å². The third-order valence-corrected chi connectivity index (χ3v) is 5.26. The molecule has 4 atom stereocenters. The molecule has 0 spiro atoms. The van der Waals surface area contributed by atoms with Crippen LogP contribution in [0.4, 0.5) is 0 Å². The molecule has 3 heterocycles. The van der Waals surface area contributed by atoms with Gasteiger partial charge in [0.05, 0.1) is 17.9 Å². The number of fused-ring (bicyclic) bond motifs is 5. The molecule has 0 saturated carbocycles. The molecular formula is C18H18N2O3. The molecule has 2 fully saturated rings. The molecule has 3 aliphatic rings. The molecule has 2 unspecified atom stereocenters. The Morgan fingerprint density at radius 3 is 2.57 bits per heavy atom. The second-order valence-corrected chi connectivity index (χ2v) is 6.65. The van der Waals surface area contributed by atoms with Crippen molar-refractivity contribution in [2.75, 3.05) is 7.05 Å². The van der Waals surface area contributed by atoms with Gasteiger partial charge in [-0.15, -0.1) is 0 Å². The molecule has 2 amide bonds. The van der Waals surface area contributed by atoms with Gasteiger partial charge in [0, 0.05) is 19.6 Å². The SMILES string of the molecule is Cc1cccc(CN2[C@@H]3C(=O)C=C[C@H]2C2C(=O)N(C)C(=O)C23)c1. The Morgan fingerprint density at radius 2 is 1.83 bits per heavy atom. The number of imide groups is 1. The first-order valence-electron chi connectivity index (χ1n) is 7.84. The zero-order valence-electron chi connectivity index (χ0n) is 13.1. The van der Waals surface area contributed by atoms with Gasteiger partial charge in [0.15, 0.2) is 5.78 Å². The number of rotatable bonds is 2. The first-order valence-corrected chi connectivity index (χ1v) is 7.84. The van der Waals surface area contributed by atoms with Gasteiger partial charge in [0.2, 0.25) is 11.8 Å². The van der Waals surface area contributed by atoms with Crippen molar-refractivity contribution in [1.29, 1.82) is 0 Å². The highest BCUT2D eigenvalue weighted by Crippen LogP contribution is 2.45. The maximum Gasteiger partial charge on any atom is 0.234 e. The summed E-state index contributed by atoms with van der Waals surface area (Å²) in [6.07, 6.45) is 3.34. The summed E-state index contributed by atoms with van der Waals surface area (Å²) in [6, 6.07) is 7.41. The standard InChI is InChI=1S/C18H18N2O3/c1-10-4-3-5-11(8-10)9-20-12-6-7-13(21)16(20)15-14(12)17(22)19(2)18(15)23/h3-8,12,14-16H,9H2,1-2H3/t12-,14?,15?,16+/m0/s1. The Hall–Kier alpha value is -2.27. The normalized spacial score (nSPS) is 32.8. The molecule has 2 saturated heterocycles. The Bertz CT molecular complexity index is 754. The topological polar surface area (TPSA) is 57.7 Å². The van der Waals surface area contributed by atoms with Crippen molar-refractivity contribution in [1.82, 2.24) is 9.80 Å². The van der Waals surface area contributed by atoms with Crippen molar-refractivity contribution in [3.8, 4) is 0 Å². The lowest BCUT2D eigenvalue weighted by Gasteiger charge is -2.33. The molecule has 0 radical (unpaired) electrons. The van der Waals surface area contributed by atoms with Crippen LogP contribution in [0.1, 0.15) is 11.1 Å². The van der Waals surface area contributed by atoms with Crippen molar-refractivity contribution in [2.45, 2.75) is 25.6 Å². The molecule has 2 bridgehead atoms. The van der Waals surface area contributed by atoms with Crippen LogP contribution in [0.15, 0.2) is 36.4 Å². The van der Waals surface area contributed by atoms with Gasteiger partial charge in [-0.05, 0) is 18.6 Å². The molecule has 4 rings (SSSR count). The van der Waals surface area contributed by atoms with Crippen LogP contribution in [0.5, 0.6) is 0 Å². The molecule has 5 heteroatoms. The zero-order chi connectivity index (χ0) is 16.3. The van der Waals surface area contributed by atoms with E-state index in [0.29, 0.717) is 6.54 Å². The molecule has 1 aromatic carbocycles. The molecular weight excluding hydrogens is 292 g/mol. The summed E-state index contributed by atoms with van der Waals surface area (Å²) >= 11 is 0. The Labute approximate surface area is 134 Å². The van der Waals surface area contributed by atoms with Crippen molar-refractivity contribution in [2.24, 2.45) is 11.8 Å². The van der Waals surface area contributed by atoms with Crippen LogP contribution in [0.25, 0.3) is 0 Å². The number of carbonyl (C=O) groups excluding carboxylic acids is 3. The first kappa shape index (κ1) is 14.3. The Balaban J connectivity index is 1.72. The molecule has 1 aromatic rings. The van der Waals surface area contributed by atoms with Crippen LogP contribution in [0.2, 0.25) is 0 Å². The van der Waals surface area contributed by atoms with E-state index in [1.54, 1.807) is 12.2 Å². The van der Waals surface area contributed by atoms with Gasteiger partial charge in [-0.25, -0.2) is 0 Å². The second kappa shape index (κ2) is 4.86. The van der Waals surface area contributed by atoms with E-state index in [9.17, 15) is 14.4 Å². The summed E-state index contributed by atoms with van der Waals surface area (Å²) in [5.41, 5.74) is 2.25. The largest absolute Gasteiger partial charge is 0.293 e. The van der Waals surface area contributed by atoms with Gasteiger partial charge in [0.1, 0.15) is 0 Å². The van der Waals surface area contributed by atoms with E-state index in [0.717, 1.165) is 11.1 Å². The minimum absolute atomic E-state index is 0.0714. The third kappa shape index (κ3) is 1.93. The minimum atomic E-state index is -0.537. The van der Waals surface area contributed by atoms with E-state index in [1.165, 1.54) is 11.9 Å². The maximum atomic E-state index is 12.4. The lowest BCUT2D eigenvalue weighted by molar-refractivity contribution is -0.141. The fraction of sp³-hybridized carbons (Fsp3) is 0.389. The lowest BCUT2D eigenvalue weighted by Crippen LogP contribution is -2.48. The number of carbonyl (C=O) groups is 3. The maximum absolute atomic E-state index is 12.4. The molecule has 0 aromatic heterocycles. The molecule has 3 aliphatic heterocycles. The molecule has 0 aliphatic carbocycles. The molecule has 0 N–H and O–H groups in total. The fourth-order valence-electron chi connectivity index (χ4n) is 4.24.